The molecule has 3 aliphatic heterocycles. The van der Waals surface area contributed by atoms with E-state index >= 15 is 0 Å². The highest BCUT2D eigenvalue weighted by molar-refractivity contribution is 6.71. The fourth-order valence-electron chi connectivity index (χ4n) is 7.97. The van der Waals surface area contributed by atoms with Crippen LogP contribution in [0.15, 0.2) is 79.0 Å². The minimum absolute atomic E-state index is 0.0934. The molecular formula is C36H40ClN5O5Si. The molecule has 7 rings (SSSR count). The van der Waals surface area contributed by atoms with Crippen LogP contribution in [0.1, 0.15) is 48.1 Å². The van der Waals surface area contributed by atoms with Crippen molar-refractivity contribution in [3.8, 4) is 0 Å². The van der Waals surface area contributed by atoms with Gasteiger partial charge >= 0.3 is 0 Å². The summed E-state index contributed by atoms with van der Waals surface area (Å²) in [6.45, 7) is 7.17. The number of rotatable bonds is 10. The van der Waals surface area contributed by atoms with E-state index in [-0.39, 0.29) is 35.8 Å². The molecule has 1 spiro atoms. The first kappa shape index (κ1) is 32.7. The molecule has 48 heavy (non-hydrogen) atoms. The minimum Gasteiger partial charge on any atom is -0.432 e. The number of nitrogens with zero attached hydrogens (tertiary/aromatic N) is 5. The predicted octanol–water partition coefficient (Wildman–Crippen LogP) is 5.23. The summed E-state index contributed by atoms with van der Waals surface area (Å²) in [5.74, 6) is -0.717. The number of carbonyl (C=O) groups is 2. The maximum absolute atomic E-state index is 14.8. The molecular weight excluding hydrogens is 646 g/mol. The lowest BCUT2D eigenvalue weighted by Crippen LogP contribution is -2.46. The number of benzene rings is 3. The Morgan fingerprint density at radius 2 is 1.88 bits per heavy atom. The number of halogens is 1. The number of hydrogen-bond acceptors (Lipinski definition) is 7. The SMILES string of the molecule is C[C@H]1[C@H]([Si](C)(C)O)[C@@H](CCn2cc(C(CO)c3ccccc3)nn2)O[C@]12C(=O)N(Cc1cccc(N3CCC3=O)c1)c1ccc(Cl)cc12. The van der Waals surface area contributed by atoms with Gasteiger partial charge in [0.2, 0.25) is 5.91 Å². The summed E-state index contributed by atoms with van der Waals surface area (Å²) in [5, 5.41) is 19.4. The molecule has 3 aromatic carbocycles. The van der Waals surface area contributed by atoms with Crippen molar-refractivity contribution in [2.75, 3.05) is 23.0 Å². The number of aromatic nitrogens is 3. The number of β-lactam (4-membered cyclic amide) rings is 1. The van der Waals surface area contributed by atoms with Crippen LogP contribution in [0.25, 0.3) is 0 Å². The zero-order valence-corrected chi connectivity index (χ0v) is 29.0. The summed E-state index contributed by atoms with van der Waals surface area (Å²) in [4.78, 5) is 42.1. The average Bonchev–Trinajstić information content (AvgIpc) is 3.71. The van der Waals surface area contributed by atoms with Crippen LogP contribution in [-0.4, -0.2) is 64.3 Å². The predicted molar refractivity (Wildman–Crippen MR) is 185 cm³/mol. The zero-order valence-electron chi connectivity index (χ0n) is 27.3. The molecule has 2 amide bonds. The second kappa shape index (κ2) is 12.5. The molecule has 0 radical (unpaired) electrons. The fourth-order valence-corrected chi connectivity index (χ4v) is 10.7. The van der Waals surface area contributed by atoms with E-state index in [4.69, 9.17) is 16.3 Å². The summed E-state index contributed by atoms with van der Waals surface area (Å²) in [6, 6.07) is 22.9. The average molecular weight is 686 g/mol. The van der Waals surface area contributed by atoms with Crippen molar-refractivity contribution in [1.82, 2.24) is 15.0 Å². The maximum Gasteiger partial charge on any atom is 0.264 e. The number of hydrogen-bond donors (Lipinski definition) is 2. The molecule has 3 aliphatic rings. The van der Waals surface area contributed by atoms with Crippen LogP contribution in [0.4, 0.5) is 11.4 Å². The first-order valence-electron chi connectivity index (χ1n) is 16.5. The molecule has 1 unspecified atom stereocenters. The Bertz CT molecular complexity index is 1850. The molecule has 2 fully saturated rings. The number of anilines is 2. The van der Waals surface area contributed by atoms with Crippen molar-refractivity contribution in [2.45, 2.75) is 69.1 Å². The molecule has 0 aliphatic carbocycles. The third-order valence-corrected chi connectivity index (χ3v) is 13.0. The third kappa shape index (κ3) is 5.57. The van der Waals surface area contributed by atoms with E-state index in [0.717, 1.165) is 22.5 Å². The molecule has 0 saturated carbocycles. The molecule has 5 atom stereocenters. The monoisotopic (exact) mass is 685 g/mol. The van der Waals surface area contributed by atoms with Crippen LogP contribution in [0.3, 0.4) is 0 Å². The number of aliphatic hydroxyl groups is 1. The Morgan fingerprint density at radius 3 is 2.56 bits per heavy atom. The highest BCUT2D eigenvalue weighted by Crippen LogP contribution is 2.60. The van der Waals surface area contributed by atoms with Crippen molar-refractivity contribution < 1.29 is 24.2 Å². The largest absolute Gasteiger partial charge is 0.432 e. The van der Waals surface area contributed by atoms with E-state index in [2.05, 4.69) is 10.3 Å². The summed E-state index contributed by atoms with van der Waals surface area (Å²) in [6.07, 6.45) is 2.46. The fraction of sp³-hybridized carbons (Fsp3) is 0.389. The summed E-state index contributed by atoms with van der Waals surface area (Å²) in [5.41, 5.74) is 3.21. The van der Waals surface area contributed by atoms with Crippen LogP contribution in [0, 0.1) is 5.92 Å². The number of aliphatic hydroxyl groups excluding tert-OH is 1. The normalized spacial score (nSPS) is 24.3. The molecule has 12 heteroatoms. The molecule has 4 aromatic rings. The smallest absolute Gasteiger partial charge is 0.264 e. The highest BCUT2D eigenvalue weighted by atomic mass is 35.5. The van der Waals surface area contributed by atoms with Gasteiger partial charge in [0, 0.05) is 53.4 Å². The lowest BCUT2D eigenvalue weighted by molar-refractivity contribution is -0.146. The van der Waals surface area contributed by atoms with Gasteiger partial charge in [-0.15, -0.1) is 5.10 Å². The number of amides is 2. The summed E-state index contributed by atoms with van der Waals surface area (Å²) in [7, 11) is -2.87. The van der Waals surface area contributed by atoms with Crippen LogP contribution in [-0.2, 0) is 33.0 Å². The second-order valence-corrected chi connectivity index (χ2v) is 18.1. The standard InChI is InChI=1S/C36H40ClN5O5Si/c1-23-34(48(2,3)46)32(14-16-40-21-30(38-39-40)28(22-43)25-9-5-4-6-10-25)47-36(23)29-19-26(37)12-13-31(29)42(35(36)45)20-24-8-7-11-27(18-24)41-17-15-33(41)44/h4-13,18-19,21,23,28,32,34,43,46H,14-17,20,22H2,1-3H3/t23-,28?,32+,34-,36+/m0/s1. The Labute approximate surface area is 286 Å². The summed E-state index contributed by atoms with van der Waals surface area (Å²) >= 11 is 6.57. The van der Waals surface area contributed by atoms with Crippen molar-refractivity contribution >= 4 is 43.1 Å². The number of ether oxygens (including phenoxy) is 1. The number of carbonyl (C=O) groups excluding carboxylic acids is 2. The first-order chi connectivity index (χ1) is 23.0. The van der Waals surface area contributed by atoms with Gasteiger partial charge in [-0.3, -0.25) is 14.3 Å². The van der Waals surface area contributed by atoms with Gasteiger partial charge in [0.05, 0.1) is 36.6 Å². The lowest BCUT2D eigenvalue weighted by Gasteiger charge is -2.32. The molecule has 0 bridgehead atoms. The quantitative estimate of drug-likeness (QED) is 0.173. The minimum atomic E-state index is -2.87. The maximum atomic E-state index is 14.8. The van der Waals surface area contributed by atoms with Gasteiger partial charge in [-0.25, -0.2) is 0 Å². The molecule has 1 aromatic heterocycles. The van der Waals surface area contributed by atoms with Crippen LogP contribution in [0.2, 0.25) is 23.7 Å². The molecule has 2 N–H and O–H groups in total. The number of fused-ring (bicyclic) bond motifs is 2. The molecule has 10 nitrogen and oxygen atoms in total. The van der Waals surface area contributed by atoms with Crippen molar-refractivity contribution in [1.29, 1.82) is 0 Å². The number of aryl methyl sites for hydroxylation is 1. The van der Waals surface area contributed by atoms with Crippen LogP contribution >= 0.6 is 11.6 Å². The van der Waals surface area contributed by atoms with Crippen molar-refractivity contribution in [3.05, 3.63) is 106 Å². The van der Waals surface area contributed by atoms with Crippen molar-refractivity contribution in [3.63, 3.8) is 0 Å². The van der Waals surface area contributed by atoms with Gasteiger partial charge in [0.25, 0.3) is 5.91 Å². The van der Waals surface area contributed by atoms with Crippen molar-refractivity contribution in [2.24, 2.45) is 5.92 Å². The molecule has 4 heterocycles. The lowest BCUT2D eigenvalue weighted by atomic mass is 9.82. The van der Waals surface area contributed by atoms with Gasteiger partial charge in [-0.2, -0.15) is 0 Å². The Kier molecular flexibility index (Phi) is 8.53. The zero-order chi connectivity index (χ0) is 33.8. The van der Waals surface area contributed by atoms with Crippen LogP contribution < -0.4 is 9.80 Å². The van der Waals surface area contributed by atoms with Gasteiger partial charge in [0.1, 0.15) is 0 Å². The van der Waals surface area contributed by atoms with Gasteiger partial charge in [-0.1, -0.05) is 66.2 Å². The van der Waals surface area contributed by atoms with E-state index in [1.54, 1.807) is 20.5 Å². The topological polar surface area (TPSA) is 121 Å². The van der Waals surface area contributed by atoms with Gasteiger partial charge < -0.3 is 24.4 Å². The second-order valence-electron chi connectivity index (χ2n) is 13.7. The molecule has 250 valence electrons. The van der Waals surface area contributed by atoms with E-state index in [1.807, 2.05) is 92.9 Å². The first-order valence-corrected chi connectivity index (χ1v) is 19.9. The Morgan fingerprint density at radius 1 is 1.08 bits per heavy atom. The van der Waals surface area contributed by atoms with E-state index < -0.39 is 20.0 Å². The van der Waals surface area contributed by atoms with Crippen LogP contribution in [0.5, 0.6) is 0 Å². The van der Waals surface area contributed by atoms with Gasteiger partial charge in [-0.05, 0) is 61.0 Å². The Balaban J connectivity index is 1.17. The molecule has 2 saturated heterocycles. The third-order valence-electron chi connectivity index (χ3n) is 10.3. The summed E-state index contributed by atoms with van der Waals surface area (Å²) < 4.78 is 8.70. The van der Waals surface area contributed by atoms with Gasteiger partial charge in [0.15, 0.2) is 13.9 Å². The Hall–Kier alpha value is -3.87. The van der Waals surface area contributed by atoms with E-state index in [9.17, 15) is 19.5 Å². The highest BCUT2D eigenvalue weighted by Gasteiger charge is 2.66. The van der Waals surface area contributed by atoms with E-state index in [1.165, 1.54) is 0 Å². The van der Waals surface area contributed by atoms with E-state index in [0.29, 0.717) is 48.8 Å².